The molecule has 0 fully saturated rings. The van der Waals surface area contributed by atoms with E-state index in [1.165, 1.54) is 12.1 Å². The number of alkyl halides is 4. The van der Waals surface area contributed by atoms with Gasteiger partial charge in [-0.3, -0.25) is 0 Å². The lowest BCUT2D eigenvalue weighted by atomic mass is 9.95. The molecule has 0 aliphatic carbocycles. The number of hydrogen-bond donors (Lipinski definition) is 2. The van der Waals surface area contributed by atoms with Crippen LogP contribution in [0, 0.1) is 0 Å². The number of para-hydroxylation sites is 1. The lowest BCUT2D eigenvalue weighted by molar-refractivity contribution is -0.235. The number of phenols is 1. The van der Waals surface area contributed by atoms with Crippen molar-refractivity contribution in [3.05, 3.63) is 29.8 Å². The maximum absolute atomic E-state index is 13.5. The first-order valence-corrected chi connectivity index (χ1v) is 4.44. The number of aliphatic carboxylic acids is 1. The number of rotatable bonds is 3. The predicted octanol–water partition coefficient (Wildman–Crippen LogP) is 2.29. The van der Waals surface area contributed by atoms with Gasteiger partial charge in [-0.1, -0.05) is 18.2 Å². The third kappa shape index (κ3) is 2.48. The van der Waals surface area contributed by atoms with Gasteiger partial charge in [0, 0.05) is 6.42 Å². The number of carboxylic acids is 1. The van der Waals surface area contributed by atoms with Crippen LogP contribution in [-0.4, -0.2) is 28.0 Å². The molecule has 0 saturated carbocycles. The number of hydrogen-bond acceptors (Lipinski definition) is 2. The van der Waals surface area contributed by atoms with Crippen LogP contribution in [0.2, 0.25) is 0 Å². The molecule has 0 aliphatic heterocycles. The van der Waals surface area contributed by atoms with E-state index in [2.05, 4.69) is 0 Å². The average molecular weight is 252 g/mol. The normalized spacial score (nSPS) is 15.3. The van der Waals surface area contributed by atoms with Crippen LogP contribution >= 0.6 is 0 Å². The zero-order valence-corrected chi connectivity index (χ0v) is 8.33. The molecular weight excluding hydrogens is 244 g/mol. The lowest BCUT2D eigenvalue weighted by Gasteiger charge is -2.23. The smallest absolute Gasteiger partial charge is 0.433 e. The number of halogens is 4. The van der Waals surface area contributed by atoms with E-state index in [1.807, 2.05) is 0 Å². The van der Waals surface area contributed by atoms with Gasteiger partial charge in [-0.15, -0.1) is 0 Å². The molecule has 1 aromatic carbocycles. The molecule has 7 heteroatoms. The Bertz CT molecular complexity index is 430. The Labute approximate surface area is 93.3 Å². The summed E-state index contributed by atoms with van der Waals surface area (Å²) in [6.07, 6.45) is -7.03. The lowest BCUT2D eigenvalue weighted by Crippen LogP contribution is -2.49. The molecule has 0 spiro atoms. The first-order valence-electron chi connectivity index (χ1n) is 4.44. The highest BCUT2D eigenvalue weighted by Crippen LogP contribution is 2.38. The predicted molar refractivity (Wildman–Crippen MR) is 49.3 cm³/mol. The Balaban J connectivity index is 3.13. The van der Waals surface area contributed by atoms with Crippen LogP contribution in [0.25, 0.3) is 0 Å². The highest BCUT2D eigenvalue weighted by atomic mass is 19.4. The standard InChI is InChI=1S/C10H8F4O3/c11-9(8(16)17,10(12,13)14)5-6-3-1-2-4-7(6)15/h1-4,15H,5H2,(H,16,17). The van der Waals surface area contributed by atoms with Crippen LogP contribution in [0.3, 0.4) is 0 Å². The zero-order valence-electron chi connectivity index (χ0n) is 8.33. The van der Waals surface area contributed by atoms with Gasteiger partial charge in [0.05, 0.1) is 0 Å². The van der Waals surface area contributed by atoms with Gasteiger partial charge in [0.25, 0.3) is 0 Å². The Morgan fingerprint density at radius 1 is 1.18 bits per heavy atom. The molecule has 3 nitrogen and oxygen atoms in total. The first-order chi connectivity index (χ1) is 7.68. The largest absolute Gasteiger partial charge is 0.508 e. The van der Waals surface area contributed by atoms with E-state index < -0.39 is 35.5 Å². The summed E-state index contributed by atoms with van der Waals surface area (Å²) in [5.74, 6) is -3.21. The summed E-state index contributed by atoms with van der Waals surface area (Å²) in [5.41, 5.74) is -4.83. The maximum Gasteiger partial charge on any atom is 0.433 e. The van der Waals surface area contributed by atoms with E-state index in [4.69, 9.17) is 5.11 Å². The van der Waals surface area contributed by atoms with E-state index in [-0.39, 0.29) is 0 Å². The maximum atomic E-state index is 13.5. The molecule has 0 bridgehead atoms. The van der Waals surface area contributed by atoms with Crippen molar-refractivity contribution >= 4 is 5.97 Å². The molecule has 0 saturated heterocycles. The molecule has 0 aliphatic rings. The van der Waals surface area contributed by atoms with Crippen molar-refractivity contribution in [1.82, 2.24) is 0 Å². The van der Waals surface area contributed by atoms with Crippen molar-refractivity contribution in [3.63, 3.8) is 0 Å². The Kier molecular flexibility index (Phi) is 3.30. The van der Waals surface area contributed by atoms with Crippen LogP contribution < -0.4 is 0 Å². The highest BCUT2D eigenvalue weighted by Gasteiger charge is 2.62. The van der Waals surface area contributed by atoms with Crippen molar-refractivity contribution in [3.8, 4) is 5.75 Å². The van der Waals surface area contributed by atoms with E-state index in [9.17, 15) is 27.5 Å². The molecule has 1 aromatic rings. The quantitative estimate of drug-likeness (QED) is 0.811. The third-order valence-corrected chi connectivity index (χ3v) is 2.21. The van der Waals surface area contributed by atoms with Crippen LogP contribution in [0.15, 0.2) is 24.3 Å². The minimum atomic E-state index is -5.55. The number of carbonyl (C=O) groups is 1. The minimum absolute atomic E-state index is 0.422. The number of carboxylic acid groups (broad SMARTS) is 1. The van der Waals surface area contributed by atoms with Gasteiger partial charge in [-0.2, -0.15) is 13.2 Å². The second-order valence-corrected chi connectivity index (χ2v) is 3.41. The zero-order chi connectivity index (χ0) is 13.3. The SMILES string of the molecule is O=C(O)C(F)(Cc1ccccc1O)C(F)(F)F. The Morgan fingerprint density at radius 2 is 1.71 bits per heavy atom. The summed E-state index contributed by atoms with van der Waals surface area (Å²) in [7, 11) is 0. The molecule has 1 unspecified atom stereocenters. The van der Waals surface area contributed by atoms with Gasteiger partial charge >= 0.3 is 17.8 Å². The number of aromatic hydroxyl groups is 1. The summed E-state index contributed by atoms with van der Waals surface area (Å²) in [5, 5.41) is 17.5. The second kappa shape index (κ2) is 4.23. The van der Waals surface area contributed by atoms with Crippen molar-refractivity contribution in [2.45, 2.75) is 18.3 Å². The summed E-state index contributed by atoms with van der Waals surface area (Å²) in [6.45, 7) is 0. The van der Waals surface area contributed by atoms with E-state index >= 15 is 0 Å². The summed E-state index contributed by atoms with van der Waals surface area (Å²) in [4.78, 5) is 10.4. The molecule has 1 rings (SSSR count). The van der Waals surface area contributed by atoms with Gasteiger partial charge in [-0.25, -0.2) is 9.18 Å². The molecule has 2 N–H and O–H groups in total. The fraction of sp³-hybridized carbons (Fsp3) is 0.300. The minimum Gasteiger partial charge on any atom is -0.508 e. The monoisotopic (exact) mass is 252 g/mol. The summed E-state index contributed by atoms with van der Waals surface area (Å²) < 4.78 is 50.5. The van der Waals surface area contributed by atoms with E-state index in [0.29, 0.717) is 0 Å². The van der Waals surface area contributed by atoms with E-state index in [1.54, 1.807) is 0 Å². The molecule has 94 valence electrons. The van der Waals surface area contributed by atoms with Crippen molar-refractivity contribution in [2.24, 2.45) is 0 Å². The fourth-order valence-electron chi connectivity index (χ4n) is 1.22. The average Bonchev–Trinajstić information content (AvgIpc) is 2.19. The van der Waals surface area contributed by atoms with E-state index in [0.717, 1.165) is 12.1 Å². The van der Waals surface area contributed by atoms with Crippen LogP contribution in [0.4, 0.5) is 17.6 Å². The topological polar surface area (TPSA) is 57.5 Å². The third-order valence-electron chi connectivity index (χ3n) is 2.21. The van der Waals surface area contributed by atoms with Gasteiger partial charge in [0.15, 0.2) is 0 Å². The molecule has 0 amide bonds. The summed E-state index contributed by atoms with van der Waals surface area (Å²) >= 11 is 0. The molecular formula is C10H8F4O3. The first kappa shape index (κ1) is 13.3. The van der Waals surface area contributed by atoms with Crippen LogP contribution in [0.5, 0.6) is 5.75 Å². The van der Waals surface area contributed by atoms with Crippen molar-refractivity contribution < 1.29 is 32.6 Å². The fourth-order valence-corrected chi connectivity index (χ4v) is 1.22. The molecule has 0 radical (unpaired) electrons. The van der Waals surface area contributed by atoms with Crippen LogP contribution in [-0.2, 0) is 11.2 Å². The molecule has 0 heterocycles. The van der Waals surface area contributed by atoms with Gasteiger partial charge in [0.2, 0.25) is 0 Å². The molecule has 1 atom stereocenters. The second-order valence-electron chi connectivity index (χ2n) is 3.41. The van der Waals surface area contributed by atoms with Crippen molar-refractivity contribution in [1.29, 1.82) is 0 Å². The Hall–Kier alpha value is -1.79. The Morgan fingerprint density at radius 3 is 2.12 bits per heavy atom. The summed E-state index contributed by atoms with van der Waals surface area (Å²) in [6, 6.07) is 4.67. The highest BCUT2D eigenvalue weighted by molar-refractivity contribution is 5.79. The van der Waals surface area contributed by atoms with Gasteiger partial charge < -0.3 is 10.2 Å². The molecule has 0 aromatic heterocycles. The number of benzene rings is 1. The van der Waals surface area contributed by atoms with Gasteiger partial charge in [0.1, 0.15) is 5.75 Å². The number of phenolic OH excluding ortho intramolecular Hbond substituents is 1. The van der Waals surface area contributed by atoms with Crippen LogP contribution in [0.1, 0.15) is 5.56 Å². The molecule has 17 heavy (non-hydrogen) atoms. The van der Waals surface area contributed by atoms with Crippen molar-refractivity contribution in [2.75, 3.05) is 0 Å². The van der Waals surface area contributed by atoms with Gasteiger partial charge in [-0.05, 0) is 11.6 Å².